The van der Waals surface area contributed by atoms with Crippen molar-refractivity contribution in [1.82, 2.24) is 24.7 Å². The minimum absolute atomic E-state index is 0.0539. The molecule has 0 aliphatic rings. The van der Waals surface area contributed by atoms with Gasteiger partial charge in [-0.3, -0.25) is 4.57 Å². The third-order valence-electron chi connectivity index (χ3n) is 2.11. The van der Waals surface area contributed by atoms with Crippen LogP contribution in [0.25, 0.3) is 5.95 Å². The van der Waals surface area contributed by atoms with Crippen molar-refractivity contribution in [2.24, 2.45) is 0 Å². The maximum absolute atomic E-state index is 10.6. The number of hydrogen-bond donors (Lipinski definition) is 1. The molecule has 0 fully saturated rings. The van der Waals surface area contributed by atoms with Gasteiger partial charge in [0.2, 0.25) is 0 Å². The number of hydrogen-bond acceptors (Lipinski definition) is 5. The minimum Gasteiger partial charge on any atom is -0.476 e. The first-order valence-corrected chi connectivity index (χ1v) is 4.53. The molecular weight excluding hydrogens is 210 g/mol. The van der Waals surface area contributed by atoms with Crippen molar-refractivity contribution in [3.05, 3.63) is 29.6 Å². The highest BCUT2D eigenvalue weighted by Gasteiger charge is 2.09. The summed E-state index contributed by atoms with van der Waals surface area (Å²) in [4.78, 5) is 18.5. The van der Waals surface area contributed by atoms with Crippen LogP contribution >= 0.6 is 0 Å². The van der Waals surface area contributed by atoms with Crippen molar-refractivity contribution in [2.75, 3.05) is 0 Å². The average Bonchev–Trinajstić information content (AvgIpc) is 2.71. The van der Waals surface area contributed by atoms with Gasteiger partial charge in [0.1, 0.15) is 6.33 Å². The van der Waals surface area contributed by atoms with Gasteiger partial charge in [-0.15, -0.1) is 5.10 Å². The lowest BCUT2D eigenvalue weighted by Gasteiger charge is -2.01. The zero-order chi connectivity index (χ0) is 11.7. The van der Waals surface area contributed by atoms with Crippen LogP contribution in [0.3, 0.4) is 0 Å². The normalized spacial score (nSPS) is 10.4. The lowest BCUT2D eigenvalue weighted by Crippen LogP contribution is -2.04. The smallest absolute Gasteiger partial charge is 0.356 e. The summed E-state index contributed by atoms with van der Waals surface area (Å²) in [6, 6.07) is 0. The lowest BCUT2D eigenvalue weighted by molar-refractivity contribution is 0.0691. The second-order valence-electron chi connectivity index (χ2n) is 3.25. The summed E-state index contributed by atoms with van der Waals surface area (Å²) < 4.78 is 1.42. The van der Waals surface area contributed by atoms with E-state index in [9.17, 15) is 4.79 Å². The van der Waals surface area contributed by atoms with E-state index in [2.05, 4.69) is 20.2 Å². The Kier molecular flexibility index (Phi) is 2.35. The molecule has 0 radical (unpaired) electrons. The molecule has 0 saturated carbocycles. The van der Waals surface area contributed by atoms with Gasteiger partial charge >= 0.3 is 5.97 Å². The Bertz CT molecular complexity index is 549. The minimum atomic E-state index is -1.09. The molecule has 0 saturated heterocycles. The zero-order valence-electron chi connectivity index (χ0n) is 8.75. The van der Waals surface area contributed by atoms with Crippen molar-refractivity contribution in [3.8, 4) is 5.95 Å². The number of rotatable bonds is 2. The van der Waals surface area contributed by atoms with Gasteiger partial charge < -0.3 is 5.11 Å². The van der Waals surface area contributed by atoms with E-state index in [1.54, 1.807) is 6.92 Å². The highest BCUT2D eigenvalue weighted by Crippen LogP contribution is 2.04. The Hall–Kier alpha value is -2.31. The van der Waals surface area contributed by atoms with Crippen LogP contribution in [0.1, 0.15) is 21.9 Å². The van der Waals surface area contributed by atoms with Gasteiger partial charge in [-0.05, 0) is 13.8 Å². The van der Waals surface area contributed by atoms with Gasteiger partial charge in [0.25, 0.3) is 5.95 Å². The van der Waals surface area contributed by atoms with Crippen molar-refractivity contribution in [1.29, 1.82) is 0 Å². The Labute approximate surface area is 90.8 Å². The molecule has 0 spiro atoms. The number of aromatic carboxylic acids is 1. The topological polar surface area (TPSA) is 93.8 Å². The number of aromatic nitrogens is 5. The maximum Gasteiger partial charge on any atom is 0.356 e. The first-order valence-electron chi connectivity index (χ1n) is 4.53. The molecule has 2 aromatic rings. The summed E-state index contributed by atoms with van der Waals surface area (Å²) in [7, 11) is 0. The van der Waals surface area contributed by atoms with E-state index in [1.165, 1.54) is 17.1 Å². The number of carbonyl (C=O) groups is 1. The van der Waals surface area contributed by atoms with E-state index in [4.69, 9.17) is 5.11 Å². The summed E-state index contributed by atoms with van der Waals surface area (Å²) in [5.41, 5.74) is 1.43. The van der Waals surface area contributed by atoms with E-state index in [-0.39, 0.29) is 5.69 Å². The standard InChI is InChI=1S/C9H9N5O2/c1-5-6(2)12-13-9(11-5)14-3-7(8(15)16)10-4-14/h3-4H,1-2H3,(H,15,16). The van der Waals surface area contributed by atoms with Crippen LogP contribution in [0.4, 0.5) is 0 Å². The third kappa shape index (κ3) is 1.74. The molecule has 0 bridgehead atoms. The van der Waals surface area contributed by atoms with Crippen molar-refractivity contribution >= 4 is 5.97 Å². The molecule has 0 aromatic carbocycles. The fourth-order valence-electron chi connectivity index (χ4n) is 1.10. The second kappa shape index (κ2) is 3.69. The van der Waals surface area contributed by atoms with E-state index in [0.717, 1.165) is 11.4 Å². The summed E-state index contributed by atoms with van der Waals surface area (Å²) in [6.07, 6.45) is 2.68. The molecule has 0 atom stereocenters. The van der Waals surface area contributed by atoms with E-state index in [1.807, 2.05) is 6.92 Å². The summed E-state index contributed by atoms with van der Waals surface area (Å²) in [5, 5.41) is 16.5. The highest BCUT2D eigenvalue weighted by atomic mass is 16.4. The van der Waals surface area contributed by atoms with Gasteiger partial charge in [0.05, 0.1) is 11.4 Å². The van der Waals surface area contributed by atoms with Gasteiger partial charge in [0, 0.05) is 6.20 Å². The number of carboxylic acid groups (broad SMARTS) is 1. The fourth-order valence-corrected chi connectivity index (χ4v) is 1.10. The number of carboxylic acids is 1. The molecule has 0 aliphatic heterocycles. The molecular formula is C9H9N5O2. The summed E-state index contributed by atoms with van der Waals surface area (Å²) in [5.74, 6) is -0.779. The molecule has 0 amide bonds. The van der Waals surface area contributed by atoms with E-state index >= 15 is 0 Å². The average molecular weight is 219 g/mol. The van der Waals surface area contributed by atoms with Crippen LogP contribution in [-0.4, -0.2) is 35.8 Å². The Morgan fingerprint density at radius 2 is 2.06 bits per heavy atom. The summed E-state index contributed by atoms with van der Waals surface area (Å²) in [6.45, 7) is 3.61. The van der Waals surface area contributed by atoms with Gasteiger partial charge in [-0.1, -0.05) is 0 Å². The highest BCUT2D eigenvalue weighted by molar-refractivity contribution is 5.85. The first kappa shape index (κ1) is 10.2. The Morgan fingerprint density at radius 3 is 2.62 bits per heavy atom. The largest absolute Gasteiger partial charge is 0.476 e. The zero-order valence-corrected chi connectivity index (χ0v) is 8.75. The fraction of sp³-hybridized carbons (Fsp3) is 0.222. The molecule has 7 heteroatoms. The molecule has 2 aromatic heterocycles. The second-order valence-corrected chi connectivity index (χ2v) is 3.25. The van der Waals surface area contributed by atoms with Gasteiger partial charge in [-0.25, -0.2) is 14.8 Å². The summed E-state index contributed by atoms with van der Waals surface area (Å²) >= 11 is 0. The third-order valence-corrected chi connectivity index (χ3v) is 2.11. The quantitative estimate of drug-likeness (QED) is 0.784. The van der Waals surface area contributed by atoms with Crippen molar-refractivity contribution in [2.45, 2.75) is 13.8 Å². The maximum atomic E-state index is 10.6. The molecule has 16 heavy (non-hydrogen) atoms. The predicted molar refractivity (Wildman–Crippen MR) is 53.4 cm³/mol. The number of imidazole rings is 1. The SMILES string of the molecule is Cc1nnc(-n2cnc(C(=O)O)c2)nc1C. The van der Waals surface area contributed by atoms with Crippen LogP contribution in [0.2, 0.25) is 0 Å². The van der Waals surface area contributed by atoms with Gasteiger partial charge in [0.15, 0.2) is 5.69 Å². The molecule has 2 heterocycles. The lowest BCUT2D eigenvalue weighted by atomic mass is 10.4. The van der Waals surface area contributed by atoms with Crippen LogP contribution in [-0.2, 0) is 0 Å². The predicted octanol–water partition coefficient (Wildman–Crippen LogP) is 0.372. The van der Waals surface area contributed by atoms with E-state index in [0.29, 0.717) is 5.95 Å². The molecule has 0 unspecified atom stereocenters. The first-order chi connectivity index (χ1) is 7.58. The van der Waals surface area contributed by atoms with Crippen molar-refractivity contribution in [3.63, 3.8) is 0 Å². The Morgan fingerprint density at radius 1 is 1.31 bits per heavy atom. The monoisotopic (exact) mass is 219 g/mol. The molecule has 0 aliphatic carbocycles. The van der Waals surface area contributed by atoms with Gasteiger partial charge in [-0.2, -0.15) is 5.10 Å². The van der Waals surface area contributed by atoms with Crippen LogP contribution in [0, 0.1) is 13.8 Å². The molecule has 2 rings (SSSR count). The van der Waals surface area contributed by atoms with Crippen molar-refractivity contribution < 1.29 is 9.90 Å². The van der Waals surface area contributed by atoms with Crippen LogP contribution < -0.4 is 0 Å². The van der Waals surface area contributed by atoms with Crippen LogP contribution in [0.15, 0.2) is 12.5 Å². The van der Waals surface area contributed by atoms with E-state index < -0.39 is 5.97 Å². The number of aryl methyl sites for hydroxylation is 2. The Balaban J connectivity index is 2.42. The molecule has 1 N–H and O–H groups in total. The molecule has 82 valence electrons. The molecule has 7 nitrogen and oxygen atoms in total. The van der Waals surface area contributed by atoms with Crippen LogP contribution in [0.5, 0.6) is 0 Å². The number of nitrogens with zero attached hydrogens (tertiary/aromatic N) is 5.